The van der Waals surface area contributed by atoms with Gasteiger partial charge in [0.25, 0.3) is 5.91 Å². The van der Waals surface area contributed by atoms with E-state index in [1.807, 2.05) is 30.3 Å². The van der Waals surface area contributed by atoms with Gasteiger partial charge in [-0.15, -0.1) is 0 Å². The zero-order valence-electron chi connectivity index (χ0n) is 13.3. The van der Waals surface area contributed by atoms with Gasteiger partial charge in [0.1, 0.15) is 5.69 Å². The molecule has 0 unspecified atom stereocenters. The number of nitrogens with zero attached hydrogens (tertiary/aromatic N) is 2. The number of anilines is 1. The third-order valence-corrected chi connectivity index (χ3v) is 4.34. The Kier molecular flexibility index (Phi) is 3.94. The molecular weight excluding hydrogens is 306 g/mol. The number of carbonyl (C=O) groups excluding carboxylic acids is 1. The van der Waals surface area contributed by atoms with E-state index in [1.165, 1.54) is 12.8 Å². The first kappa shape index (κ1) is 14.8. The molecule has 0 saturated carbocycles. The highest BCUT2D eigenvalue weighted by atomic mass is 16.7. The van der Waals surface area contributed by atoms with Gasteiger partial charge in [0, 0.05) is 31.5 Å². The molecule has 6 heteroatoms. The van der Waals surface area contributed by atoms with E-state index in [1.54, 1.807) is 6.20 Å². The number of nitrogens with one attached hydrogen (secondary N) is 1. The summed E-state index contributed by atoms with van der Waals surface area (Å²) in [6.45, 7) is 2.76. The fourth-order valence-corrected chi connectivity index (χ4v) is 3.04. The maximum absolute atomic E-state index is 12.4. The van der Waals surface area contributed by atoms with E-state index < -0.39 is 0 Å². The van der Waals surface area contributed by atoms with E-state index in [0.717, 1.165) is 35.8 Å². The first-order valence-electron chi connectivity index (χ1n) is 8.17. The molecule has 1 aromatic carbocycles. The van der Waals surface area contributed by atoms with Crippen LogP contribution in [-0.2, 0) is 6.54 Å². The third-order valence-electron chi connectivity index (χ3n) is 4.34. The van der Waals surface area contributed by atoms with Crippen LogP contribution in [0.2, 0.25) is 0 Å². The number of carbonyl (C=O) groups is 1. The molecule has 0 aliphatic carbocycles. The molecule has 124 valence electrons. The first-order chi connectivity index (χ1) is 11.8. The number of pyridine rings is 1. The molecule has 4 rings (SSSR count). The van der Waals surface area contributed by atoms with Gasteiger partial charge in [-0.1, -0.05) is 6.07 Å². The molecule has 2 aromatic rings. The maximum Gasteiger partial charge on any atom is 0.270 e. The van der Waals surface area contributed by atoms with Crippen molar-refractivity contribution >= 4 is 11.6 Å². The Balaban J connectivity index is 1.41. The summed E-state index contributed by atoms with van der Waals surface area (Å²) >= 11 is 0. The van der Waals surface area contributed by atoms with Gasteiger partial charge in [-0.25, -0.2) is 0 Å². The summed E-state index contributed by atoms with van der Waals surface area (Å²) in [5.41, 5.74) is 2.47. The minimum atomic E-state index is -0.172. The van der Waals surface area contributed by atoms with E-state index in [4.69, 9.17) is 9.47 Å². The molecule has 0 spiro atoms. The fourth-order valence-electron chi connectivity index (χ4n) is 3.04. The molecule has 1 amide bonds. The number of aromatic nitrogens is 1. The highest BCUT2D eigenvalue weighted by molar-refractivity contribution is 5.93. The average Bonchev–Trinajstić information content (AvgIpc) is 3.30. The predicted molar refractivity (Wildman–Crippen MR) is 89.4 cm³/mol. The quantitative estimate of drug-likeness (QED) is 0.935. The molecule has 1 fully saturated rings. The topological polar surface area (TPSA) is 63.7 Å². The summed E-state index contributed by atoms with van der Waals surface area (Å²) in [7, 11) is 0. The highest BCUT2D eigenvalue weighted by Crippen LogP contribution is 2.32. The molecule has 1 saturated heterocycles. The van der Waals surface area contributed by atoms with Gasteiger partial charge < -0.3 is 19.7 Å². The van der Waals surface area contributed by atoms with Gasteiger partial charge in [0.15, 0.2) is 11.5 Å². The standard InChI is InChI=1S/C18H19N3O3/c22-18(15-10-14(5-6-19-15)21-7-1-2-8-21)20-11-13-3-4-16-17(9-13)24-12-23-16/h3-6,9-10H,1-2,7-8,11-12H2,(H,20,22). The van der Waals surface area contributed by atoms with Crippen molar-refractivity contribution in [2.24, 2.45) is 0 Å². The Bertz CT molecular complexity index is 757. The molecule has 3 heterocycles. The largest absolute Gasteiger partial charge is 0.454 e. The lowest BCUT2D eigenvalue weighted by Crippen LogP contribution is -2.25. The van der Waals surface area contributed by atoms with E-state index >= 15 is 0 Å². The summed E-state index contributed by atoms with van der Waals surface area (Å²) < 4.78 is 10.6. The third kappa shape index (κ3) is 2.99. The van der Waals surface area contributed by atoms with Crippen molar-refractivity contribution in [3.8, 4) is 11.5 Å². The van der Waals surface area contributed by atoms with E-state index in [-0.39, 0.29) is 12.7 Å². The lowest BCUT2D eigenvalue weighted by atomic mass is 10.2. The Hall–Kier alpha value is -2.76. The lowest BCUT2D eigenvalue weighted by molar-refractivity contribution is 0.0946. The molecule has 2 aliphatic rings. The molecular formula is C18H19N3O3. The summed E-state index contributed by atoms with van der Waals surface area (Å²) in [5, 5.41) is 2.91. The van der Waals surface area contributed by atoms with Crippen LogP contribution in [-0.4, -0.2) is 30.8 Å². The molecule has 6 nitrogen and oxygen atoms in total. The number of hydrogen-bond donors (Lipinski definition) is 1. The summed E-state index contributed by atoms with van der Waals surface area (Å²) in [6.07, 6.45) is 4.10. The number of hydrogen-bond acceptors (Lipinski definition) is 5. The number of ether oxygens (including phenoxy) is 2. The van der Waals surface area contributed by atoms with Crippen LogP contribution in [0.3, 0.4) is 0 Å². The van der Waals surface area contributed by atoms with E-state index in [9.17, 15) is 4.79 Å². The van der Waals surface area contributed by atoms with Crippen LogP contribution in [0.4, 0.5) is 5.69 Å². The first-order valence-corrected chi connectivity index (χ1v) is 8.17. The number of amides is 1. The van der Waals surface area contributed by atoms with E-state index in [0.29, 0.717) is 12.2 Å². The minimum absolute atomic E-state index is 0.172. The second-order valence-electron chi connectivity index (χ2n) is 5.96. The van der Waals surface area contributed by atoms with Crippen molar-refractivity contribution in [3.63, 3.8) is 0 Å². The summed E-state index contributed by atoms with van der Waals surface area (Å²) in [5.74, 6) is 1.29. The molecule has 24 heavy (non-hydrogen) atoms. The Labute approximate surface area is 140 Å². The fraction of sp³-hybridized carbons (Fsp3) is 0.333. The highest BCUT2D eigenvalue weighted by Gasteiger charge is 2.16. The van der Waals surface area contributed by atoms with Crippen LogP contribution in [0.15, 0.2) is 36.5 Å². The van der Waals surface area contributed by atoms with E-state index in [2.05, 4.69) is 15.2 Å². The van der Waals surface area contributed by atoms with Crippen molar-refractivity contribution in [1.82, 2.24) is 10.3 Å². The van der Waals surface area contributed by atoms with Gasteiger partial charge in [-0.05, 0) is 42.7 Å². The average molecular weight is 325 g/mol. The van der Waals surface area contributed by atoms with Crippen LogP contribution in [0.5, 0.6) is 11.5 Å². The second-order valence-corrected chi connectivity index (χ2v) is 5.96. The summed E-state index contributed by atoms with van der Waals surface area (Å²) in [4.78, 5) is 18.9. The van der Waals surface area contributed by atoms with Gasteiger partial charge in [0.05, 0.1) is 0 Å². The van der Waals surface area contributed by atoms with Gasteiger partial charge in [0.2, 0.25) is 6.79 Å². The Morgan fingerprint density at radius 2 is 1.96 bits per heavy atom. The molecule has 2 aliphatic heterocycles. The van der Waals surface area contributed by atoms with Crippen molar-refractivity contribution < 1.29 is 14.3 Å². The SMILES string of the molecule is O=C(NCc1ccc2c(c1)OCO2)c1cc(N2CCCC2)ccn1. The van der Waals surface area contributed by atoms with Crippen LogP contribution in [0.25, 0.3) is 0 Å². The lowest BCUT2D eigenvalue weighted by Gasteiger charge is -2.17. The van der Waals surface area contributed by atoms with Crippen LogP contribution < -0.4 is 19.7 Å². The van der Waals surface area contributed by atoms with Gasteiger partial charge in [-0.2, -0.15) is 0 Å². The van der Waals surface area contributed by atoms with Gasteiger partial charge >= 0.3 is 0 Å². The predicted octanol–water partition coefficient (Wildman–Crippen LogP) is 2.34. The second kappa shape index (κ2) is 6.39. The number of fused-ring (bicyclic) bond motifs is 1. The normalized spacial score (nSPS) is 15.6. The molecule has 0 radical (unpaired) electrons. The maximum atomic E-state index is 12.4. The van der Waals surface area contributed by atoms with Gasteiger partial charge in [-0.3, -0.25) is 9.78 Å². The zero-order chi connectivity index (χ0) is 16.4. The monoisotopic (exact) mass is 325 g/mol. The van der Waals surface area contributed by atoms with Crippen LogP contribution >= 0.6 is 0 Å². The van der Waals surface area contributed by atoms with Crippen molar-refractivity contribution in [2.45, 2.75) is 19.4 Å². The molecule has 1 aromatic heterocycles. The van der Waals surface area contributed by atoms with Crippen molar-refractivity contribution in [3.05, 3.63) is 47.8 Å². The molecule has 0 atom stereocenters. The van der Waals surface area contributed by atoms with Crippen LogP contribution in [0.1, 0.15) is 28.9 Å². The minimum Gasteiger partial charge on any atom is -0.454 e. The molecule has 0 bridgehead atoms. The summed E-state index contributed by atoms with van der Waals surface area (Å²) in [6, 6.07) is 9.48. The smallest absolute Gasteiger partial charge is 0.270 e. The number of rotatable bonds is 4. The Morgan fingerprint density at radius 3 is 2.83 bits per heavy atom. The van der Waals surface area contributed by atoms with Crippen molar-refractivity contribution in [1.29, 1.82) is 0 Å². The number of benzene rings is 1. The van der Waals surface area contributed by atoms with Crippen molar-refractivity contribution in [2.75, 3.05) is 24.8 Å². The van der Waals surface area contributed by atoms with Crippen LogP contribution in [0, 0.1) is 0 Å². The Morgan fingerprint density at radius 1 is 1.12 bits per heavy atom. The molecule has 1 N–H and O–H groups in total. The zero-order valence-corrected chi connectivity index (χ0v) is 13.3.